The van der Waals surface area contributed by atoms with E-state index in [4.69, 9.17) is 0 Å². The molecule has 0 unspecified atom stereocenters. The van der Waals surface area contributed by atoms with Crippen molar-refractivity contribution in [3.63, 3.8) is 0 Å². The molecule has 5 nitrogen and oxygen atoms in total. The van der Waals surface area contributed by atoms with Gasteiger partial charge in [-0.05, 0) is 55.4 Å². The molecule has 1 aliphatic heterocycles. The third kappa shape index (κ3) is 2.65. The summed E-state index contributed by atoms with van der Waals surface area (Å²) in [6, 6.07) is 14.5. The third-order valence-electron chi connectivity index (χ3n) is 6.92. The minimum atomic E-state index is -0.318. The van der Waals surface area contributed by atoms with Crippen LogP contribution >= 0.6 is 0 Å². The van der Waals surface area contributed by atoms with E-state index in [9.17, 15) is 14.4 Å². The number of hydrogen-bond acceptors (Lipinski definition) is 3. The number of nitrogens with zero attached hydrogens (tertiary/aromatic N) is 1. The van der Waals surface area contributed by atoms with Gasteiger partial charge in [0.05, 0.1) is 23.1 Å². The quantitative estimate of drug-likeness (QED) is 0.618. The average molecular weight is 400 g/mol. The van der Waals surface area contributed by atoms with Gasteiger partial charge in [-0.25, -0.2) is 4.90 Å². The fourth-order valence-electron chi connectivity index (χ4n) is 5.51. The molecule has 1 saturated heterocycles. The van der Waals surface area contributed by atoms with E-state index in [0.717, 1.165) is 24.1 Å². The van der Waals surface area contributed by atoms with Gasteiger partial charge in [0.15, 0.2) is 0 Å². The number of carbonyl (C=O) groups is 3. The van der Waals surface area contributed by atoms with Gasteiger partial charge in [-0.15, -0.1) is 0 Å². The van der Waals surface area contributed by atoms with Crippen LogP contribution in [0, 0.1) is 23.7 Å². The Labute approximate surface area is 175 Å². The summed E-state index contributed by atoms with van der Waals surface area (Å²) in [5, 5.41) is 2.96. The van der Waals surface area contributed by atoms with E-state index in [0.29, 0.717) is 11.3 Å². The Morgan fingerprint density at radius 2 is 1.73 bits per heavy atom. The van der Waals surface area contributed by atoms with E-state index in [2.05, 4.69) is 11.4 Å². The molecule has 30 heavy (non-hydrogen) atoms. The Hall–Kier alpha value is -3.21. The van der Waals surface area contributed by atoms with E-state index in [1.165, 1.54) is 10.5 Å². The maximum atomic E-state index is 13.3. The van der Waals surface area contributed by atoms with E-state index >= 15 is 0 Å². The van der Waals surface area contributed by atoms with Crippen LogP contribution in [-0.4, -0.2) is 17.7 Å². The molecule has 2 aliphatic carbocycles. The molecule has 0 spiro atoms. The number of allylic oxidation sites excluding steroid dienone is 2. The van der Waals surface area contributed by atoms with Gasteiger partial charge >= 0.3 is 0 Å². The Bertz CT molecular complexity index is 1100. The maximum absolute atomic E-state index is 13.3. The van der Waals surface area contributed by atoms with Crippen LogP contribution in [0.1, 0.15) is 36.2 Å². The zero-order valence-corrected chi connectivity index (χ0v) is 17.1. The van der Waals surface area contributed by atoms with Crippen molar-refractivity contribution in [1.29, 1.82) is 0 Å². The zero-order valence-electron chi connectivity index (χ0n) is 17.1. The molecular formula is C25H24N2O3. The topological polar surface area (TPSA) is 66.5 Å². The van der Waals surface area contributed by atoms with Crippen LogP contribution in [0.25, 0.3) is 0 Å². The number of anilines is 2. The van der Waals surface area contributed by atoms with Crippen LogP contribution in [0.5, 0.6) is 0 Å². The summed E-state index contributed by atoms with van der Waals surface area (Å²) in [6.45, 7) is 4.08. The number of benzene rings is 2. The van der Waals surface area contributed by atoms with E-state index < -0.39 is 0 Å². The lowest BCUT2D eigenvalue weighted by atomic mass is 9.82. The first kappa shape index (κ1) is 18.8. The van der Waals surface area contributed by atoms with Crippen LogP contribution in [-0.2, 0) is 16.0 Å². The molecule has 1 N–H and O–H groups in total. The van der Waals surface area contributed by atoms with Gasteiger partial charge in [0.2, 0.25) is 11.8 Å². The first-order valence-corrected chi connectivity index (χ1v) is 10.6. The molecule has 0 aromatic heterocycles. The lowest BCUT2D eigenvalue weighted by Crippen LogP contribution is -2.34. The van der Waals surface area contributed by atoms with Crippen LogP contribution in [0.3, 0.4) is 0 Å². The second kappa shape index (κ2) is 6.94. The van der Waals surface area contributed by atoms with Gasteiger partial charge in [0, 0.05) is 5.69 Å². The molecule has 2 fully saturated rings. The first-order valence-electron chi connectivity index (χ1n) is 10.6. The smallest absolute Gasteiger partial charge is 0.257 e. The summed E-state index contributed by atoms with van der Waals surface area (Å²) >= 11 is 0. The highest BCUT2D eigenvalue weighted by Crippen LogP contribution is 2.56. The number of carbonyl (C=O) groups excluding carboxylic acids is 3. The lowest BCUT2D eigenvalue weighted by Gasteiger charge is -2.21. The molecule has 4 atom stereocenters. The van der Waals surface area contributed by atoms with Crippen LogP contribution in [0.15, 0.2) is 60.2 Å². The van der Waals surface area contributed by atoms with Crippen LogP contribution in [0.4, 0.5) is 11.4 Å². The summed E-state index contributed by atoms with van der Waals surface area (Å²) in [5.74, 6) is -0.943. The lowest BCUT2D eigenvalue weighted by molar-refractivity contribution is -0.123. The van der Waals surface area contributed by atoms with Crippen LogP contribution < -0.4 is 10.2 Å². The highest BCUT2D eigenvalue weighted by Gasteiger charge is 2.61. The second-order valence-electron chi connectivity index (χ2n) is 8.46. The molecule has 5 rings (SSSR count). The Balaban J connectivity index is 1.48. The molecule has 1 saturated carbocycles. The number of imide groups is 1. The van der Waals surface area contributed by atoms with E-state index in [1.807, 2.05) is 38.1 Å². The number of para-hydroxylation sites is 2. The molecule has 2 aromatic carbocycles. The molecule has 3 amide bonds. The summed E-state index contributed by atoms with van der Waals surface area (Å²) in [7, 11) is 0. The van der Waals surface area contributed by atoms with E-state index in [1.54, 1.807) is 24.3 Å². The minimum Gasteiger partial charge on any atom is -0.322 e. The monoisotopic (exact) mass is 400 g/mol. The number of amides is 3. The molecule has 152 valence electrons. The number of nitrogens with one attached hydrogen (secondary N) is 1. The van der Waals surface area contributed by atoms with Crippen molar-refractivity contribution in [2.24, 2.45) is 23.7 Å². The highest BCUT2D eigenvalue weighted by atomic mass is 16.2. The number of fused-ring (bicyclic) bond motifs is 5. The molecule has 2 aromatic rings. The Kier molecular flexibility index (Phi) is 4.35. The fraction of sp³-hybridized carbons (Fsp3) is 0.320. The molecule has 0 radical (unpaired) electrons. The number of aryl methyl sites for hydroxylation is 1. The van der Waals surface area contributed by atoms with Crippen molar-refractivity contribution in [3.8, 4) is 0 Å². The molecule has 2 bridgehead atoms. The summed E-state index contributed by atoms with van der Waals surface area (Å²) in [4.78, 5) is 41.0. The van der Waals surface area contributed by atoms with Crippen molar-refractivity contribution in [1.82, 2.24) is 0 Å². The van der Waals surface area contributed by atoms with Gasteiger partial charge in [-0.2, -0.15) is 0 Å². The van der Waals surface area contributed by atoms with Crippen molar-refractivity contribution < 1.29 is 14.4 Å². The summed E-state index contributed by atoms with van der Waals surface area (Å²) in [6.07, 6.45) is 3.84. The molecule has 5 heteroatoms. The molecular weight excluding hydrogens is 376 g/mol. The van der Waals surface area contributed by atoms with Gasteiger partial charge in [0.1, 0.15) is 0 Å². The predicted octanol–water partition coefficient (Wildman–Crippen LogP) is 4.20. The van der Waals surface area contributed by atoms with Crippen molar-refractivity contribution >= 4 is 29.1 Å². The summed E-state index contributed by atoms with van der Waals surface area (Å²) in [5.41, 5.74) is 3.71. The largest absolute Gasteiger partial charge is 0.322 e. The van der Waals surface area contributed by atoms with Crippen molar-refractivity contribution in [2.75, 3.05) is 10.2 Å². The van der Waals surface area contributed by atoms with Gasteiger partial charge in [-0.3, -0.25) is 14.4 Å². The standard InChI is InChI=1S/C25H24N2O3/c1-3-15-8-4-6-10-19(15)26-23(28)17-9-5-7-11-20(17)27-24(29)21-16-12-14(2)18(13-16)22(21)25(27)30/h4-12,16,18,21-22H,3,13H2,1-2H3,(H,26,28)/t16-,18-,21+,22+/m1/s1. The SMILES string of the molecule is CCc1ccccc1NC(=O)c1ccccc1N1C(=O)[C@@H]2[C@@H](C1=O)[C@@H]1C[C@H]2C=C1C. The van der Waals surface area contributed by atoms with Gasteiger partial charge < -0.3 is 5.32 Å². The van der Waals surface area contributed by atoms with Gasteiger partial charge in [0.25, 0.3) is 5.91 Å². The Morgan fingerprint density at radius 1 is 1.03 bits per heavy atom. The first-order chi connectivity index (χ1) is 14.5. The number of hydrogen-bond donors (Lipinski definition) is 1. The summed E-state index contributed by atoms with van der Waals surface area (Å²) < 4.78 is 0. The number of rotatable bonds is 4. The maximum Gasteiger partial charge on any atom is 0.257 e. The van der Waals surface area contributed by atoms with Crippen molar-refractivity contribution in [2.45, 2.75) is 26.7 Å². The van der Waals surface area contributed by atoms with Crippen LogP contribution in [0.2, 0.25) is 0 Å². The fourth-order valence-corrected chi connectivity index (χ4v) is 5.51. The van der Waals surface area contributed by atoms with Crippen molar-refractivity contribution in [3.05, 3.63) is 71.3 Å². The second-order valence-corrected chi connectivity index (χ2v) is 8.46. The Morgan fingerprint density at radius 3 is 2.53 bits per heavy atom. The average Bonchev–Trinajstić information content (AvgIpc) is 3.39. The minimum absolute atomic E-state index is 0.138. The third-order valence-corrected chi connectivity index (χ3v) is 6.92. The highest BCUT2D eigenvalue weighted by molar-refractivity contribution is 6.25. The normalized spacial score (nSPS) is 26.7. The zero-order chi connectivity index (χ0) is 21.0. The predicted molar refractivity (Wildman–Crippen MR) is 115 cm³/mol. The molecule has 3 aliphatic rings. The van der Waals surface area contributed by atoms with Gasteiger partial charge in [-0.1, -0.05) is 48.9 Å². The van der Waals surface area contributed by atoms with E-state index in [-0.39, 0.29) is 41.4 Å². The molecule has 1 heterocycles.